The average molecular weight is 319 g/mol. The molecule has 0 radical (unpaired) electrons. The largest absolute Gasteiger partial charge is 0.269 e. The quantitative estimate of drug-likeness (QED) is 0.565. The first-order valence-corrected chi connectivity index (χ1v) is 8.73. The molecule has 116 valence electrons. The first-order chi connectivity index (χ1) is 9.50. The summed E-state index contributed by atoms with van der Waals surface area (Å²) in [5.74, 6) is 1.77. The zero-order valence-electron chi connectivity index (χ0n) is 13.2. The normalized spacial score (nSPS) is 12.6. The van der Waals surface area contributed by atoms with Gasteiger partial charge in [-0.15, -0.1) is 23.2 Å². The monoisotopic (exact) mass is 318 g/mol. The Morgan fingerprint density at radius 3 is 2.25 bits per heavy atom. The predicted octanol–water partition coefficient (Wildman–Crippen LogP) is 5.30. The molecule has 1 aromatic rings. The third-order valence-electron chi connectivity index (χ3n) is 3.94. The lowest BCUT2D eigenvalue weighted by atomic mass is 9.80. The molecule has 0 saturated carbocycles. The zero-order chi connectivity index (χ0) is 15.2. The second-order valence-electron chi connectivity index (χ2n) is 6.30. The Bertz CT molecular complexity index is 380. The fraction of sp³-hybridized carbons (Fsp3) is 0.812. The smallest absolute Gasteiger partial charge is 0.0631 e. The van der Waals surface area contributed by atoms with Gasteiger partial charge < -0.3 is 0 Å². The van der Waals surface area contributed by atoms with Gasteiger partial charge in [0.05, 0.1) is 11.7 Å². The van der Waals surface area contributed by atoms with Crippen LogP contribution in [0.2, 0.25) is 0 Å². The van der Waals surface area contributed by atoms with Crippen molar-refractivity contribution in [3.05, 3.63) is 18.0 Å². The highest BCUT2D eigenvalue weighted by molar-refractivity contribution is 6.21. The SMILES string of the molecule is CCC(CC)n1ccc(CC(CCl)(CCl)CC(C)C)n1. The van der Waals surface area contributed by atoms with Gasteiger partial charge in [0, 0.05) is 23.4 Å². The molecule has 20 heavy (non-hydrogen) atoms. The molecule has 0 aliphatic rings. The van der Waals surface area contributed by atoms with Crippen LogP contribution in [0.25, 0.3) is 0 Å². The maximum atomic E-state index is 6.22. The van der Waals surface area contributed by atoms with E-state index in [1.54, 1.807) is 0 Å². The average Bonchev–Trinajstić information content (AvgIpc) is 2.87. The van der Waals surface area contributed by atoms with E-state index in [1.807, 2.05) is 0 Å². The standard InChI is InChI=1S/C16H28Cl2N2/c1-5-15(6-2)20-8-7-14(19-20)10-16(11-17,12-18)9-13(3)4/h7-8,13,15H,5-6,9-12H2,1-4H3. The van der Waals surface area contributed by atoms with Crippen LogP contribution in [-0.4, -0.2) is 21.5 Å². The summed E-state index contributed by atoms with van der Waals surface area (Å²) in [7, 11) is 0. The zero-order valence-corrected chi connectivity index (χ0v) is 14.7. The Morgan fingerprint density at radius 2 is 1.80 bits per heavy atom. The summed E-state index contributed by atoms with van der Waals surface area (Å²) in [5, 5.41) is 4.74. The summed E-state index contributed by atoms with van der Waals surface area (Å²) in [5.41, 5.74) is 1.07. The highest BCUT2D eigenvalue weighted by atomic mass is 35.5. The van der Waals surface area contributed by atoms with Crippen LogP contribution in [0.5, 0.6) is 0 Å². The number of hydrogen-bond acceptors (Lipinski definition) is 1. The lowest BCUT2D eigenvalue weighted by molar-refractivity contribution is 0.291. The molecule has 0 N–H and O–H groups in total. The van der Waals surface area contributed by atoms with Crippen molar-refractivity contribution in [1.29, 1.82) is 0 Å². The van der Waals surface area contributed by atoms with Gasteiger partial charge in [0.25, 0.3) is 0 Å². The lowest BCUT2D eigenvalue weighted by Gasteiger charge is -2.30. The van der Waals surface area contributed by atoms with Crippen LogP contribution >= 0.6 is 23.2 Å². The van der Waals surface area contributed by atoms with Gasteiger partial charge in [-0.05, 0) is 37.7 Å². The van der Waals surface area contributed by atoms with Crippen molar-refractivity contribution in [3.63, 3.8) is 0 Å². The Balaban J connectivity index is 2.84. The lowest BCUT2D eigenvalue weighted by Crippen LogP contribution is -2.30. The van der Waals surface area contributed by atoms with E-state index in [0.29, 0.717) is 23.7 Å². The van der Waals surface area contributed by atoms with E-state index >= 15 is 0 Å². The third-order valence-corrected chi connectivity index (χ3v) is 5.08. The molecule has 1 aromatic heterocycles. The van der Waals surface area contributed by atoms with Crippen LogP contribution in [0, 0.1) is 11.3 Å². The summed E-state index contributed by atoms with van der Waals surface area (Å²) in [4.78, 5) is 0. The van der Waals surface area contributed by atoms with E-state index in [1.165, 1.54) is 0 Å². The van der Waals surface area contributed by atoms with Crippen LogP contribution in [0.4, 0.5) is 0 Å². The minimum absolute atomic E-state index is 0.0373. The van der Waals surface area contributed by atoms with Crippen molar-refractivity contribution in [3.8, 4) is 0 Å². The van der Waals surface area contributed by atoms with Crippen molar-refractivity contribution < 1.29 is 0 Å². The fourth-order valence-corrected chi connectivity index (χ4v) is 3.59. The van der Waals surface area contributed by atoms with Crippen molar-refractivity contribution in [2.45, 2.75) is 59.4 Å². The van der Waals surface area contributed by atoms with Crippen LogP contribution < -0.4 is 0 Å². The van der Waals surface area contributed by atoms with Crippen molar-refractivity contribution >= 4 is 23.2 Å². The first kappa shape index (κ1) is 17.8. The van der Waals surface area contributed by atoms with E-state index in [9.17, 15) is 0 Å². The molecule has 0 aliphatic heterocycles. The number of halogens is 2. The van der Waals surface area contributed by atoms with Crippen molar-refractivity contribution in [1.82, 2.24) is 9.78 Å². The van der Waals surface area contributed by atoms with Crippen molar-refractivity contribution in [2.24, 2.45) is 11.3 Å². The summed E-state index contributed by atoms with van der Waals surface area (Å²) in [6, 6.07) is 2.61. The highest BCUT2D eigenvalue weighted by Crippen LogP contribution is 2.33. The summed E-state index contributed by atoms with van der Waals surface area (Å²) in [6.45, 7) is 8.85. The van der Waals surface area contributed by atoms with Gasteiger partial charge in [-0.3, -0.25) is 4.68 Å². The number of nitrogens with zero attached hydrogens (tertiary/aromatic N) is 2. The second-order valence-corrected chi connectivity index (χ2v) is 6.83. The van der Waals surface area contributed by atoms with Gasteiger partial charge in [-0.1, -0.05) is 27.7 Å². The van der Waals surface area contributed by atoms with Crippen molar-refractivity contribution in [2.75, 3.05) is 11.8 Å². The predicted molar refractivity (Wildman–Crippen MR) is 88.9 cm³/mol. The van der Waals surface area contributed by atoms with E-state index in [2.05, 4.69) is 44.6 Å². The number of rotatable bonds is 9. The number of aromatic nitrogens is 2. The van der Waals surface area contributed by atoms with Gasteiger partial charge in [0.15, 0.2) is 0 Å². The maximum Gasteiger partial charge on any atom is 0.0631 e. The first-order valence-electron chi connectivity index (χ1n) is 7.66. The van der Waals surface area contributed by atoms with Crippen LogP contribution in [-0.2, 0) is 6.42 Å². The third kappa shape index (κ3) is 4.66. The highest BCUT2D eigenvalue weighted by Gasteiger charge is 2.30. The molecular weight excluding hydrogens is 291 g/mol. The van der Waals surface area contributed by atoms with E-state index in [4.69, 9.17) is 28.3 Å². The summed E-state index contributed by atoms with van der Waals surface area (Å²) in [6.07, 6.45) is 6.22. The molecule has 4 heteroatoms. The molecule has 1 heterocycles. The molecule has 1 rings (SSSR count). The van der Waals surface area contributed by atoms with Crippen LogP contribution in [0.15, 0.2) is 12.3 Å². The summed E-state index contributed by atoms with van der Waals surface area (Å²) >= 11 is 12.4. The van der Waals surface area contributed by atoms with Gasteiger partial charge in [-0.25, -0.2) is 0 Å². The molecule has 0 bridgehead atoms. The molecule has 0 unspecified atom stereocenters. The topological polar surface area (TPSA) is 17.8 Å². The second kappa shape index (κ2) is 8.29. The minimum Gasteiger partial charge on any atom is -0.269 e. The molecule has 0 fully saturated rings. The van der Waals surface area contributed by atoms with E-state index in [0.717, 1.165) is 31.4 Å². The molecular formula is C16H28Cl2N2. The molecule has 0 aromatic carbocycles. The maximum absolute atomic E-state index is 6.22. The molecule has 0 amide bonds. The van der Waals surface area contributed by atoms with Gasteiger partial charge in [0.2, 0.25) is 0 Å². The Kier molecular flexibility index (Phi) is 7.39. The van der Waals surface area contributed by atoms with Gasteiger partial charge >= 0.3 is 0 Å². The number of alkyl halides is 2. The number of hydrogen-bond donors (Lipinski definition) is 0. The molecule has 0 atom stereocenters. The molecule has 0 aliphatic carbocycles. The van der Waals surface area contributed by atoms with Crippen LogP contribution in [0.3, 0.4) is 0 Å². The molecule has 0 saturated heterocycles. The Hall–Kier alpha value is -0.210. The Morgan fingerprint density at radius 1 is 1.20 bits per heavy atom. The summed E-state index contributed by atoms with van der Waals surface area (Å²) < 4.78 is 2.10. The van der Waals surface area contributed by atoms with E-state index < -0.39 is 0 Å². The molecule has 2 nitrogen and oxygen atoms in total. The van der Waals surface area contributed by atoms with E-state index in [-0.39, 0.29) is 5.41 Å². The van der Waals surface area contributed by atoms with Crippen LogP contribution in [0.1, 0.15) is 58.7 Å². The fourth-order valence-electron chi connectivity index (χ4n) is 2.90. The van der Waals surface area contributed by atoms with Gasteiger partial charge in [0.1, 0.15) is 0 Å². The minimum atomic E-state index is -0.0373. The molecule has 0 spiro atoms. The van der Waals surface area contributed by atoms with Gasteiger partial charge in [-0.2, -0.15) is 5.10 Å². The Labute approximate surface area is 133 Å².